The number of ether oxygens (including phenoxy) is 2. The number of nitrogens with zero attached hydrogens (tertiary/aromatic N) is 4. The zero-order valence-corrected chi connectivity index (χ0v) is 27.5. The van der Waals surface area contributed by atoms with Gasteiger partial charge < -0.3 is 34.7 Å². The fraction of sp³-hybridized carbons (Fsp3) is 0.125. The Morgan fingerprint density at radius 2 is 0.977 bits per heavy atom. The third-order valence-electron chi connectivity index (χ3n) is 5.71. The van der Waals surface area contributed by atoms with Crippen molar-refractivity contribution in [3.05, 3.63) is 107 Å². The van der Waals surface area contributed by atoms with Crippen molar-refractivity contribution < 1.29 is 26.3 Å². The fourth-order valence-electron chi connectivity index (χ4n) is 3.82. The van der Waals surface area contributed by atoms with Gasteiger partial charge in [0, 0.05) is 0 Å². The van der Waals surface area contributed by atoms with Crippen LogP contribution in [0.25, 0.3) is 20.4 Å². The van der Waals surface area contributed by atoms with Gasteiger partial charge in [-0.2, -0.15) is 0 Å². The minimum atomic E-state index is 0. The van der Waals surface area contributed by atoms with Gasteiger partial charge in [0.1, 0.15) is 21.5 Å². The largest absolute Gasteiger partial charge is 2.00 e. The molecule has 0 saturated heterocycles. The van der Waals surface area contributed by atoms with E-state index in [0.29, 0.717) is 23.3 Å². The Hall–Kier alpha value is -3.45. The SMILES string of the molecule is CCOc1ccc(N=C([S-])c2nc3ccccc3s2)cc1.CCOc1ccc(N=C([S-])c2nc3ccccc3s2)cc1.[Co+2]. The van der Waals surface area contributed by atoms with Crippen molar-refractivity contribution in [3.8, 4) is 11.5 Å². The van der Waals surface area contributed by atoms with Crippen LogP contribution < -0.4 is 9.47 Å². The zero-order chi connectivity index (χ0) is 29.3. The molecule has 0 aliphatic heterocycles. The molecule has 0 saturated carbocycles. The molecule has 0 unspecified atom stereocenters. The Bertz CT molecular complexity index is 1630. The van der Waals surface area contributed by atoms with Crippen LogP contribution in [-0.2, 0) is 42.0 Å². The molecule has 0 aliphatic rings. The molecular weight excluding hydrogens is 660 g/mol. The molecule has 2 heterocycles. The molecule has 4 aromatic carbocycles. The summed E-state index contributed by atoms with van der Waals surface area (Å²) < 4.78 is 13.1. The average Bonchev–Trinajstić information content (AvgIpc) is 3.65. The molecule has 0 aliphatic carbocycles. The van der Waals surface area contributed by atoms with Crippen LogP contribution in [-0.4, -0.2) is 33.3 Å². The first-order valence-corrected chi connectivity index (χ1v) is 15.7. The van der Waals surface area contributed by atoms with Gasteiger partial charge in [-0.15, -0.1) is 22.7 Å². The Labute approximate surface area is 280 Å². The molecule has 11 heteroatoms. The summed E-state index contributed by atoms with van der Waals surface area (Å²) >= 11 is 13.9. The van der Waals surface area contributed by atoms with E-state index in [1.54, 1.807) is 22.7 Å². The molecule has 1 radical (unpaired) electrons. The van der Waals surface area contributed by atoms with Crippen molar-refractivity contribution >= 4 is 89.8 Å². The zero-order valence-electron chi connectivity index (χ0n) is 23.2. The quantitative estimate of drug-likeness (QED) is 0.0908. The number of benzene rings is 4. The molecule has 6 aromatic rings. The van der Waals surface area contributed by atoms with Crippen LogP contribution in [0.1, 0.15) is 23.9 Å². The van der Waals surface area contributed by atoms with E-state index in [-0.39, 0.29) is 16.8 Å². The summed E-state index contributed by atoms with van der Waals surface area (Å²) in [7, 11) is 0. The van der Waals surface area contributed by atoms with Crippen LogP contribution >= 0.6 is 22.7 Å². The molecule has 0 atom stereocenters. The van der Waals surface area contributed by atoms with Gasteiger partial charge in [-0.3, -0.25) is 9.98 Å². The summed E-state index contributed by atoms with van der Waals surface area (Å²) in [5.41, 5.74) is 3.54. The molecule has 0 amide bonds. The molecule has 6 rings (SSSR count). The van der Waals surface area contributed by atoms with Gasteiger partial charge in [-0.25, -0.2) is 9.97 Å². The molecule has 219 valence electrons. The predicted molar refractivity (Wildman–Crippen MR) is 182 cm³/mol. The third-order valence-corrected chi connectivity index (χ3v) is 8.62. The first-order valence-electron chi connectivity index (χ1n) is 13.2. The van der Waals surface area contributed by atoms with E-state index in [4.69, 9.17) is 34.7 Å². The van der Waals surface area contributed by atoms with Crippen LogP contribution in [0.5, 0.6) is 11.5 Å². The van der Waals surface area contributed by atoms with Crippen molar-refractivity contribution in [3.63, 3.8) is 0 Å². The predicted octanol–water partition coefficient (Wildman–Crippen LogP) is 8.64. The molecule has 0 fully saturated rings. The molecule has 0 bridgehead atoms. The van der Waals surface area contributed by atoms with Gasteiger partial charge in [-0.1, -0.05) is 24.3 Å². The van der Waals surface area contributed by atoms with Crippen molar-refractivity contribution in [1.29, 1.82) is 0 Å². The molecule has 6 nitrogen and oxygen atoms in total. The average molecular weight is 686 g/mol. The van der Waals surface area contributed by atoms with Gasteiger partial charge in [0.05, 0.1) is 45.0 Å². The number of hydrogen-bond donors (Lipinski definition) is 0. The van der Waals surface area contributed by atoms with E-state index in [0.717, 1.165) is 53.3 Å². The van der Waals surface area contributed by atoms with E-state index in [9.17, 15) is 0 Å². The van der Waals surface area contributed by atoms with E-state index in [1.807, 2.05) is 111 Å². The van der Waals surface area contributed by atoms with E-state index in [1.165, 1.54) is 0 Å². The summed E-state index contributed by atoms with van der Waals surface area (Å²) in [6.45, 7) is 5.22. The maximum absolute atomic E-state index is 5.41. The second kappa shape index (κ2) is 15.9. The Balaban J connectivity index is 0.000000192. The minimum absolute atomic E-state index is 0. The van der Waals surface area contributed by atoms with E-state index < -0.39 is 0 Å². The van der Waals surface area contributed by atoms with Crippen molar-refractivity contribution in [1.82, 2.24) is 9.97 Å². The normalized spacial score (nSPS) is 11.5. The topological polar surface area (TPSA) is 69.0 Å². The number of hydrogen-bond acceptors (Lipinski definition) is 10. The Morgan fingerprint density at radius 1 is 0.605 bits per heavy atom. The Morgan fingerprint density at radius 3 is 1.33 bits per heavy atom. The number of para-hydroxylation sites is 2. The van der Waals surface area contributed by atoms with Crippen LogP contribution in [0.2, 0.25) is 0 Å². The standard InChI is InChI=1S/2C16H14N2OS2.Co/c2*1-2-19-12-9-7-11(8-10-12)17-15(20)16-18-13-5-3-4-6-14(13)21-16;/h2*3-10H,2H2,1H3,(H,17,20);/q;;+2/p-2. The first kappa shape index (κ1) is 32.5. The maximum atomic E-state index is 5.41. The molecule has 43 heavy (non-hydrogen) atoms. The number of thiazole rings is 2. The van der Waals surface area contributed by atoms with Crippen LogP contribution in [0.15, 0.2) is 107 Å². The molecule has 0 N–H and O–H groups in total. The number of rotatable bonds is 8. The first-order chi connectivity index (χ1) is 20.5. The second-order valence-electron chi connectivity index (χ2n) is 8.66. The third kappa shape index (κ3) is 8.79. The smallest absolute Gasteiger partial charge is 0.757 e. The Kier molecular flexibility index (Phi) is 12.0. The number of fused-ring (bicyclic) bond motifs is 2. The van der Waals surface area contributed by atoms with Gasteiger partial charge in [0.15, 0.2) is 0 Å². The van der Waals surface area contributed by atoms with Crippen LogP contribution in [0.3, 0.4) is 0 Å². The second-order valence-corrected chi connectivity index (χ2v) is 11.5. The van der Waals surface area contributed by atoms with Crippen LogP contribution in [0, 0.1) is 0 Å². The van der Waals surface area contributed by atoms with E-state index in [2.05, 4.69) is 20.0 Å². The monoisotopic (exact) mass is 685 g/mol. The van der Waals surface area contributed by atoms with Gasteiger partial charge >= 0.3 is 16.8 Å². The van der Waals surface area contributed by atoms with Crippen molar-refractivity contribution in [2.45, 2.75) is 13.8 Å². The minimum Gasteiger partial charge on any atom is -0.757 e. The molecular formula is C32H26CoN4O2S4. The number of aromatic nitrogens is 2. The van der Waals surface area contributed by atoms with Gasteiger partial charge in [0.2, 0.25) is 0 Å². The number of aliphatic imine (C=N–C) groups is 2. The maximum Gasteiger partial charge on any atom is 2.00 e. The van der Waals surface area contributed by atoms with Gasteiger partial charge in [0.25, 0.3) is 0 Å². The summed E-state index contributed by atoms with van der Waals surface area (Å²) in [4.78, 5) is 17.9. The van der Waals surface area contributed by atoms with Gasteiger partial charge in [-0.05, 0) is 96.7 Å². The van der Waals surface area contributed by atoms with Crippen LogP contribution in [0.4, 0.5) is 11.4 Å². The van der Waals surface area contributed by atoms with Crippen molar-refractivity contribution in [2.75, 3.05) is 13.2 Å². The molecule has 0 spiro atoms. The van der Waals surface area contributed by atoms with Crippen molar-refractivity contribution in [2.24, 2.45) is 9.98 Å². The summed E-state index contributed by atoms with van der Waals surface area (Å²) in [6, 6.07) is 31.1. The summed E-state index contributed by atoms with van der Waals surface area (Å²) in [5, 5.41) is 2.58. The summed E-state index contributed by atoms with van der Waals surface area (Å²) in [5.74, 6) is 1.67. The molecule has 2 aromatic heterocycles. The summed E-state index contributed by atoms with van der Waals surface area (Å²) in [6.07, 6.45) is 0. The fourth-order valence-corrected chi connectivity index (χ4v) is 6.08. The van der Waals surface area contributed by atoms with E-state index >= 15 is 0 Å².